The topological polar surface area (TPSA) is 241 Å². The number of thioether (sulfide) groups is 1. The van der Waals surface area contributed by atoms with Crippen molar-refractivity contribution in [2.24, 2.45) is 23.7 Å². The molecule has 4 heterocycles. The summed E-state index contributed by atoms with van der Waals surface area (Å²) in [5.74, 6) is -0.746. The normalized spacial score (nSPS) is 21.3. The number of methoxy groups -OCH3 is 1. The number of likely N-dealkylation sites (N-methyl/N-ethyl adjacent to an activating group) is 2. The van der Waals surface area contributed by atoms with Gasteiger partial charge in [0.25, 0.3) is 23.6 Å². The maximum atomic E-state index is 14.6. The highest BCUT2D eigenvalue weighted by Crippen LogP contribution is 2.36. The molecule has 21 heteroatoms. The van der Waals surface area contributed by atoms with Gasteiger partial charge in [0.05, 0.1) is 39.9 Å². The lowest BCUT2D eigenvalue weighted by Crippen LogP contribution is -2.56. The number of amides is 10. The zero-order valence-corrected chi connectivity index (χ0v) is 59.4. The Bertz CT molecular complexity index is 3830. The van der Waals surface area contributed by atoms with Crippen LogP contribution in [-0.2, 0) is 47.4 Å². The number of allylic oxidation sites excluding steroid dienone is 8. The van der Waals surface area contributed by atoms with Gasteiger partial charge in [-0.15, -0.1) is 11.8 Å². The van der Waals surface area contributed by atoms with Crippen LogP contribution in [0.25, 0.3) is 0 Å². The molecule has 0 saturated carbocycles. The summed E-state index contributed by atoms with van der Waals surface area (Å²) < 4.78 is 5.32. The summed E-state index contributed by atoms with van der Waals surface area (Å²) in [5.41, 5.74) is 4.59. The van der Waals surface area contributed by atoms with Crippen LogP contribution in [0.5, 0.6) is 5.75 Å². The van der Waals surface area contributed by atoms with Crippen LogP contribution in [0, 0.1) is 23.7 Å². The lowest BCUT2D eigenvalue weighted by molar-refractivity contribution is -0.142. The minimum absolute atomic E-state index is 0.118. The molecule has 530 valence electrons. The van der Waals surface area contributed by atoms with Crippen molar-refractivity contribution in [3.05, 3.63) is 221 Å². The Kier molecular flexibility index (Phi) is 26.7. The molecule has 4 unspecified atom stereocenters. The third kappa shape index (κ3) is 19.0. The van der Waals surface area contributed by atoms with Crippen molar-refractivity contribution in [3.63, 3.8) is 0 Å². The van der Waals surface area contributed by atoms with Gasteiger partial charge in [-0.2, -0.15) is 12.6 Å². The zero-order chi connectivity index (χ0) is 71.4. The molecule has 5 aromatic rings. The summed E-state index contributed by atoms with van der Waals surface area (Å²) in [7, 11) is 4.78. The number of likely N-dealkylation sites (tertiary alicyclic amines) is 2. The molecule has 2 fully saturated rings. The van der Waals surface area contributed by atoms with Crippen LogP contribution >= 0.6 is 24.4 Å². The van der Waals surface area contributed by atoms with Gasteiger partial charge in [0.1, 0.15) is 29.9 Å². The average molecular weight is 1410 g/mol. The van der Waals surface area contributed by atoms with Gasteiger partial charge in [-0.1, -0.05) is 159 Å². The van der Waals surface area contributed by atoms with E-state index in [9.17, 15) is 47.9 Å². The van der Waals surface area contributed by atoms with Crippen LogP contribution in [0.3, 0.4) is 0 Å². The van der Waals surface area contributed by atoms with Gasteiger partial charge in [-0.25, -0.2) is 0 Å². The monoisotopic (exact) mass is 1400 g/mol. The molecule has 4 aliphatic heterocycles. The fourth-order valence-corrected chi connectivity index (χ4v) is 15.9. The number of hydrogen-bond acceptors (Lipinski definition) is 13. The van der Waals surface area contributed by atoms with Crippen LogP contribution in [0.4, 0.5) is 0 Å². The van der Waals surface area contributed by atoms with Crippen molar-refractivity contribution in [1.82, 2.24) is 40.9 Å². The number of carbonyl (C=O) groups is 10. The Morgan fingerprint density at radius 2 is 0.921 bits per heavy atom. The molecular formula is C80H92N8O11S2. The number of carbonyl (C=O) groups excluding carboxylic acids is 10. The van der Waals surface area contributed by atoms with Gasteiger partial charge in [0.15, 0.2) is 0 Å². The van der Waals surface area contributed by atoms with E-state index < -0.39 is 34.7 Å². The number of benzene rings is 5. The highest BCUT2D eigenvalue weighted by molar-refractivity contribution is 7.99. The highest BCUT2D eigenvalue weighted by atomic mass is 32.2. The number of nitrogens with zero attached hydrogens (tertiary/aromatic N) is 4. The SMILES string of the molecule is CNC(=O)[C@H](Cc1ccccc1)N1CC[C@@H](C2C=CC=CC2)C[C@H](NC(=O)C(CCCCN2C(=O)c3ccccc3C2=O)SCc2ccc(OC)cc2)C1=O.CNC(=O)[C@H](Cc1ccccc1)N1CC[C@@H](C2C=CC=CC2)C[C@H](NC(=O)C(S)CCCCN2C(=O)c3ccccc3C2=O)C1=O. The molecule has 2 aliphatic carbocycles. The molecule has 11 rings (SSSR count). The molecule has 4 N–H and O–H groups in total. The number of rotatable bonds is 28. The number of nitrogens with one attached hydrogen (secondary N) is 4. The van der Waals surface area contributed by atoms with E-state index in [4.69, 9.17) is 4.74 Å². The molecule has 2 saturated heterocycles. The van der Waals surface area contributed by atoms with Crippen LogP contribution in [-0.4, -0.2) is 161 Å². The number of unbranched alkanes of at least 4 members (excludes halogenated alkanes) is 2. The van der Waals surface area contributed by atoms with Crippen LogP contribution in [0.15, 0.2) is 182 Å². The van der Waals surface area contributed by atoms with Crippen molar-refractivity contribution >= 4 is 83.5 Å². The Balaban J connectivity index is 0.000000221. The Morgan fingerprint density at radius 1 is 0.505 bits per heavy atom. The predicted molar refractivity (Wildman–Crippen MR) is 394 cm³/mol. The van der Waals surface area contributed by atoms with E-state index in [2.05, 4.69) is 58.2 Å². The van der Waals surface area contributed by atoms with Gasteiger partial charge in [-0.3, -0.25) is 57.7 Å². The number of hydrogen-bond donors (Lipinski definition) is 5. The summed E-state index contributed by atoms with van der Waals surface area (Å²) in [6, 6.07) is 37.6. The molecule has 0 bridgehead atoms. The summed E-state index contributed by atoms with van der Waals surface area (Å²) in [6.07, 6.45) is 24.6. The summed E-state index contributed by atoms with van der Waals surface area (Å²) in [5, 5.41) is 10.5. The van der Waals surface area contributed by atoms with E-state index in [1.807, 2.05) is 109 Å². The molecule has 0 spiro atoms. The standard InChI is InChI=1S/C44H50N4O6S.C36H42N4O5S/c1-45-40(49)38(27-30-13-5-3-6-14-30)47-26-24-33(32-15-7-4-8-16-32)28-37(44(47)53)46-41(50)39(55-29-31-20-22-34(54-2)23-21-31)19-11-12-25-48-42(51)35-17-9-10-18-36(35)43(48)52;1-37-32(41)30(22-24-12-4-2-5-13-24)39-21-19-26(25-14-6-3-7-15-25)23-29(36(39)45)38-33(42)31(46)18-10-11-20-40-34(43)27-16-8-9-17-28(27)35(40)44/h3-10,13-15,17-18,20-23,32-33,37-39H,11-12,16,19,24-29H2,1-2H3,(H,45,49)(H,46,50);2-9,12-14,16-17,25-26,29-31,46H,10-11,15,18-23H2,1H3,(H,37,41)(H,38,42)/t32?,33-,37+,38+,39?;25?,26-,29+,30+,31?/m11/s1. The first-order chi connectivity index (χ1) is 49.0. The molecule has 5 aromatic carbocycles. The minimum Gasteiger partial charge on any atom is -0.497 e. The van der Waals surface area contributed by atoms with E-state index in [-0.39, 0.29) is 95.8 Å². The van der Waals surface area contributed by atoms with Gasteiger partial charge in [-0.05, 0) is 141 Å². The van der Waals surface area contributed by atoms with Crippen LogP contribution < -0.4 is 26.0 Å². The first-order valence-electron chi connectivity index (χ1n) is 35.3. The second-order valence-corrected chi connectivity index (χ2v) is 28.4. The molecule has 0 aromatic heterocycles. The Labute approximate surface area is 601 Å². The van der Waals surface area contributed by atoms with Crippen molar-refractivity contribution in [2.45, 2.75) is 130 Å². The average Bonchev–Trinajstić information content (AvgIpc) is 1.04. The largest absolute Gasteiger partial charge is 0.497 e. The minimum atomic E-state index is -0.815. The van der Waals surface area contributed by atoms with Gasteiger partial charge >= 0.3 is 0 Å². The summed E-state index contributed by atoms with van der Waals surface area (Å²) >= 11 is 6.07. The van der Waals surface area contributed by atoms with Crippen molar-refractivity contribution in [2.75, 3.05) is 47.4 Å². The van der Waals surface area contributed by atoms with E-state index in [1.165, 1.54) is 21.6 Å². The lowest BCUT2D eigenvalue weighted by Gasteiger charge is -2.32. The van der Waals surface area contributed by atoms with Crippen LogP contribution in [0.2, 0.25) is 0 Å². The van der Waals surface area contributed by atoms with E-state index >= 15 is 0 Å². The molecule has 10 atom stereocenters. The number of ether oxygens (including phenoxy) is 1. The molecular weight excluding hydrogens is 1310 g/mol. The Hall–Kier alpha value is -9.34. The molecule has 0 radical (unpaired) electrons. The second kappa shape index (κ2) is 36.3. The van der Waals surface area contributed by atoms with Crippen molar-refractivity contribution in [1.29, 1.82) is 0 Å². The number of fused-ring (bicyclic) bond motifs is 2. The first kappa shape index (κ1) is 74.4. The van der Waals surface area contributed by atoms with Crippen molar-refractivity contribution in [3.8, 4) is 5.75 Å². The number of thiol groups is 1. The Morgan fingerprint density at radius 3 is 1.33 bits per heavy atom. The second-order valence-electron chi connectivity index (χ2n) is 26.6. The van der Waals surface area contributed by atoms with E-state index in [0.717, 1.165) is 35.3 Å². The van der Waals surface area contributed by atoms with Crippen molar-refractivity contribution < 1.29 is 52.7 Å². The number of imide groups is 2. The van der Waals surface area contributed by atoms with Gasteiger partial charge < -0.3 is 35.8 Å². The fourth-order valence-electron chi connectivity index (χ4n) is 14.5. The smallest absolute Gasteiger partial charge is 0.261 e. The maximum absolute atomic E-state index is 14.6. The summed E-state index contributed by atoms with van der Waals surface area (Å²) in [6.45, 7) is 1.34. The van der Waals surface area contributed by atoms with Gasteiger partial charge in [0, 0.05) is 58.9 Å². The molecule has 19 nitrogen and oxygen atoms in total. The van der Waals surface area contributed by atoms with E-state index in [0.29, 0.717) is 118 Å². The quantitative estimate of drug-likeness (QED) is 0.0179. The molecule has 6 aliphatic rings. The summed E-state index contributed by atoms with van der Waals surface area (Å²) in [4.78, 5) is 140. The zero-order valence-electron chi connectivity index (χ0n) is 57.7. The molecule has 10 amide bonds. The van der Waals surface area contributed by atoms with E-state index in [1.54, 1.807) is 79.5 Å². The predicted octanol–water partition coefficient (Wildman–Crippen LogP) is 9.94. The van der Waals surface area contributed by atoms with Gasteiger partial charge in [0.2, 0.25) is 35.4 Å². The third-order valence-corrected chi connectivity index (χ3v) is 22.0. The maximum Gasteiger partial charge on any atom is 0.261 e. The lowest BCUT2D eigenvalue weighted by atomic mass is 9.81. The molecule has 101 heavy (non-hydrogen) atoms. The fraction of sp³-hybridized carbons (Fsp3) is 0.400. The van der Waals surface area contributed by atoms with Crippen LogP contribution in [0.1, 0.15) is 135 Å². The third-order valence-electron chi connectivity index (χ3n) is 20.2. The first-order valence-corrected chi connectivity index (χ1v) is 36.8. The highest BCUT2D eigenvalue weighted by Gasteiger charge is 2.43.